The van der Waals surface area contributed by atoms with Gasteiger partial charge in [-0.15, -0.1) is 0 Å². The SMILES string of the molecule is CCNS(=O)(=O)CCNc1nc(CC)nc(NN)c1C. The van der Waals surface area contributed by atoms with Crippen molar-refractivity contribution in [2.45, 2.75) is 27.2 Å². The summed E-state index contributed by atoms with van der Waals surface area (Å²) in [6.45, 7) is 6.14. The van der Waals surface area contributed by atoms with Crippen LogP contribution in [0.15, 0.2) is 0 Å². The minimum absolute atomic E-state index is 0.0167. The Kier molecular flexibility index (Phi) is 6.11. The normalized spacial score (nSPS) is 11.4. The number of nitrogen functional groups attached to an aromatic ring is 1. The molecule has 0 atom stereocenters. The molecule has 1 aromatic heterocycles. The van der Waals surface area contributed by atoms with Gasteiger partial charge in [-0.3, -0.25) is 0 Å². The largest absolute Gasteiger partial charge is 0.369 e. The fraction of sp³-hybridized carbons (Fsp3) is 0.636. The van der Waals surface area contributed by atoms with Gasteiger partial charge < -0.3 is 10.7 Å². The molecule has 20 heavy (non-hydrogen) atoms. The van der Waals surface area contributed by atoms with E-state index in [9.17, 15) is 8.42 Å². The van der Waals surface area contributed by atoms with E-state index in [2.05, 4.69) is 25.4 Å². The molecule has 9 heteroatoms. The Balaban J connectivity index is 2.77. The number of anilines is 2. The lowest BCUT2D eigenvalue weighted by atomic mass is 10.3. The summed E-state index contributed by atoms with van der Waals surface area (Å²) in [5, 5.41) is 3.01. The Morgan fingerprint density at radius 3 is 2.40 bits per heavy atom. The Hall–Kier alpha value is -1.45. The van der Waals surface area contributed by atoms with Gasteiger partial charge in [-0.2, -0.15) is 0 Å². The first-order valence-electron chi connectivity index (χ1n) is 6.48. The standard InChI is InChI=1S/C11H22N6O2S/c1-4-9-15-10(8(3)11(16-9)17-12)13-6-7-20(18,19)14-5-2/h14H,4-7,12H2,1-3H3,(H2,13,15,16,17). The Morgan fingerprint density at radius 1 is 1.20 bits per heavy atom. The van der Waals surface area contributed by atoms with Crippen molar-refractivity contribution >= 4 is 21.7 Å². The van der Waals surface area contributed by atoms with E-state index in [4.69, 9.17) is 5.84 Å². The molecule has 1 heterocycles. The summed E-state index contributed by atoms with van der Waals surface area (Å²) in [6.07, 6.45) is 0.666. The molecule has 0 aliphatic carbocycles. The maximum Gasteiger partial charge on any atom is 0.213 e. The van der Waals surface area contributed by atoms with Gasteiger partial charge in [-0.25, -0.2) is 29.0 Å². The third-order valence-electron chi connectivity index (χ3n) is 2.67. The van der Waals surface area contributed by atoms with Crippen LogP contribution in [-0.4, -0.2) is 37.2 Å². The molecular formula is C11H22N6O2S. The number of nitrogens with zero attached hydrogens (tertiary/aromatic N) is 2. The lowest BCUT2D eigenvalue weighted by Gasteiger charge is -2.13. The molecule has 1 aromatic rings. The van der Waals surface area contributed by atoms with Gasteiger partial charge >= 0.3 is 0 Å². The maximum atomic E-state index is 11.5. The first-order chi connectivity index (χ1) is 9.43. The van der Waals surface area contributed by atoms with Gasteiger partial charge in [0.25, 0.3) is 0 Å². The zero-order valence-electron chi connectivity index (χ0n) is 12.0. The van der Waals surface area contributed by atoms with Gasteiger partial charge in [0, 0.05) is 25.1 Å². The molecule has 0 unspecified atom stereocenters. The zero-order chi connectivity index (χ0) is 15.2. The molecule has 8 nitrogen and oxygen atoms in total. The molecule has 0 spiro atoms. The van der Waals surface area contributed by atoms with E-state index in [0.29, 0.717) is 30.4 Å². The van der Waals surface area contributed by atoms with Crippen molar-refractivity contribution in [2.75, 3.05) is 29.6 Å². The minimum atomic E-state index is -3.24. The van der Waals surface area contributed by atoms with Gasteiger partial charge in [0.2, 0.25) is 10.0 Å². The van der Waals surface area contributed by atoms with Crippen molar-refractivity contribution in [3.8, 4) is 0 Å². The summed E-state index contributed by atoms with van der Waals surface area (Å²) in [5.41, 5.74) is 3.27. The number of aromatic nitrogens is 2. The first-order valence-corrected chi connectivity index (χ1v) is 8.14. The first kappa shape index (κ1) is 16.6. The van der Waals surface area contributed by atoms with E-state index in [1.165, 1.54) is 0 Å². The number of aryl methyl sites for hydroxylation is 1. The number of hydrazine groups is 1. The van der Waals surface area contributed by atoms with Crippen molar-refractivity contribution in [1.29, 1.82) is 0 Å². The number of nitrogens with one attached hydrogen (secondary N) is 3. The van der Waals surface area contributed by atoms with Crippen LogP contribution < -0.4 is 21.3 Å². The number of hydrogen-bond acceptors (Lipinski definition) is 7. The summed E-state index contributed by atoms with van der Waals surface area (Å²) >= 11 is 0. The highest BCUT2D eigenvalue weighted by Gasteiger charge is 2.11. The van der Waals surface area contributed by atoms with Crippen molar-refractivity contribution in [1.82, 2.24) is 14.7 Å². The van der Waals surface area contributed by atoms with Gasteiger partial charge in [-0.1, -0.05) is 13.8 Å². The average Bonchev–Trinajstić information content (AvgIpc) is 2.40. The average molecular weight is 302 g/mol. The van der Waals surface area contributed by atoms with Crippen LogP contribution in [0.5, 0.6) is 0 Å². The molecule has 114 valence electrons. The Morgan fingerprint density at radius 2 is 1.85 bits per heavy atom. The van der Waals surface area contributed by atoms with Crippen molar-refractivity contribution < 1.29 is 8.42 Å². The van der Waals surface area contributed by atoms with Crippen molar-refractivity contribution in [3.63, 3.8) is 0 Å². The third-order valence-corrected chi connectivity index (χ3v) is 4.14. The zero-order valence-corrected chi connectivity index (χ0v) is 12.8. The second-order valence-corrected chi connectivity index (χ2v) is 6.13. The van der Waals surface area contributed by atoms with Crippen LogP contribution >= 0.6 is 0 Å². The predicted octanol–water partition coefficient (Wildman–Crippen LogP) is -0.0158. The van der Waals surface area contributed by atoms with Gasteiger partial charge in [0.05, 0.1) is 5.75 Å². The van der Waals surface area contributed by atoms with E-state index in [-0.39, 0.29) is 12.3 Å². The molecule has 0 saturated carbocycles. The van der Waals surface area contributed by atoms with Gasteiger partial charge in [-0.05, 0) is 6.92 Å². The summed E-state index contributed by atoms with van der Waals surface area (Å²) in [7, 11) is -3.24. The molecule has 0 fully saturated rings. The molecule has 0 radical (unpaired) electrons. The van der Waals surface area contributed by atoms with Crippen molar-refractivity contribution in [2.24, 2.45) is 5.84 Å². The van der Waals surface area contributed by atoms with E-state index in [1.807, 2.05) is 13.8 Å². The van der Waals surface area contributed by atoms with Gasteiger partial charge in [0.15, 0.2) is 0 Å². The predicted molar refractivity (Wildman–Crippen MR) is 79.9 cm³/mol. The number of sulfonamides is 1. The highest BCUT2D eigenvalue weighted by molar-refractivity contribution is 7.89. The summed E-state index contributed by atoms with van der Waals surface area (Å²) in [5.74, 6) is 7.16. The van der Waals surface area contributed by atoms with Crippen molar-refractivity contribution in [3.05, 3.63) is 11.4 Å². The topological polar surface area (TPSA) is 122 Å². The lowest BCUT2D eigenvalue weighted by molar-refractivity contribution is 0.584. The molecule has 0 aromatic carbocycles. The van der Waals surface area contributed by atoms with E-state index in [1.54, 1.807) is 6.92 Å². The molecule has 1 rings (SSSR count). The van der Waals surface area contributed by atoms with Crippen LogP contribution in [-0.2, 0) is 16.4 Å². The molecular weight excluding hydrogens is 280 g/mol. The number of nitrogens with two attached hydrogens (primary N) is 1. The van der Waals surface area contributed by atoms with Crippen LogP contribution in [0.1, 0.15) is 25.2 Å². The van der Waals surface area contributed by atoms with Gasteiger partial charge in [0.1, 0.15) is 17.5 Å². The second-order valence-electron chi connectivity index (χ2n) is 4.20. The highest BCUT2D eigenvalue weighted by Crippen LogP contribution is 2.19. The van der Waals surface area contributed by atoms with Crippen LogP contribution in [0.3, 0.4) is 0 Å². The summed E-state index contributed by atoms with van der Waals surface area (Å²) in [4.78, 5) is 8.57. The second kappa shape index (κ2) is 7.36. The number of rotatable bonds is 8. The Labute approximate surface area is 119 Å². The molecule has 0 bridgehead atoms. The van der Waals surface area contributed by atoms with E-state index >= 15 is 0 Å². The smallest absolute Gasteiger partial charge is 0.213 e. The number of hydrogen-bond donors (Lipinski definition) is 4. The lowest BCUT2D eigenvalue weighted by Crippen LogP contribution is -2.29. The van der Waals surface area contributed by atoms with E-state index in [0.717, 1.165) is 5.56 Å². The summed E-state index contributed by atoms with van der Waals surface area (Å²) in [6, 6.07) is 0. The van der Waals surface area contributed by atoms with Crippen LogP contribution in [0.25, 0.3) is 0 Å². The monoisotopic (exact) mass is 302 g/mol. The Bertz CT molecular complexity index is 546. The molecule has 0 saturated heterocycles. The molecule has 5 N–H and O–H groups in total. The maximum absolute atomic E-state index is 11.5. The van der Waals surface area contributed by atoms with E-state index < -0.39 is 10.0 Å². The molecule has 0 aliphatic rings. The van der Waals surface area contributed by atoms with Crippen LogP contribution in [0.4, 0.5) is 11.6 Å². The fourth-order valence-corrected chi connectivity index (χ4v) is 2.58. The highest BCUT2D eigenvalue weighted by atomic mass is 32.2. The van der Waals surface area contributed by atoms with Crippen LogP contribution in [0.2, 0.25) is 0 Å². The summed E-state index contributed by atoms with van der Waals surface area (Å²) < 4.78 is 25.5. The quantitative estimate of drug-likeness (QED) is 0.393. The molecule has 0 amide bonds. The van der Waals surface area contributed by atoms with Crippen LogP contribution in [0, 0.1) is 6.92 Å². The third kappa shape index (κ3) is 4.58. The molecule has 0 aliphatic heterocycles. The minimum Gasteiger partial charge on any atom is -0.369 e. The fourth-order valence-electron chi connectivity index (χ4n) is 1.63.